The van der Waals surface area contributed by atoms with Gasteiger partial charge in [-0.1, -0.05) is 0 Å². The Morgan fingerprint density at radius 2 is 1.38 bits per heavy atom. The van der Waals surface area contributed by atoms with E-state index >= 15 is 0 Å². The summed E-state index contributed by atoms with van der Waals surface area (Å²) < 4.78 is 13.0. The molecule has 0 aliphatic heterocycles. The predicted octanol–water partition coefficient (Wildman–Crippen LogP) is -1.96. The molecule has 0 aliphatic carbocycles. The second kappa shape index (κ2) is 9.42. The topological polar surface area (TPSA) is 154 Å². The van der Waals surface area contributed by atoms with E-state index in [1.54, 1.807) is 0 Å². The molecular weight excluding hydrogens is 292 g/mol. The Hall–Kier alpha value is -2.49. The number of ether oxygens (including phenoxy) is 3. The number of hydrogen-bond donors (Lipinski definition) is 2. The van der Waals surface area contributed by atoms with E-state index in [4.69, 9.17) is 10.2 Å². The van der Waals surface area contributed by atoms with Gasteiger partial charge in [-0.3, -0.25) is 9.59 Å². The SMILES string of the molecule is CC(=O)COC(=O)COC(=O)COC(=O)C(O)CC(=O)O. The highest BCUT2D eigenvalue weighted by molar-refractivity contribution is 5.84. The summed E-state index contributed by atoms with van der Waals surface area (Å²) in [6, 6.07) is 0. The highest BCUT2D eigenvalue weighted by Gasteiger charge is 2.21. The number of Topliss-reactive ketones (excluding diaryl/α,β-unsaturated/α-hetero) is 1. The van der Waals surface area contributed by atoms with Gasteiger partial charge in [-0.15, -0.1) is 0 Å². The van der Waals surface area contributed by atoms with Crippen molar-refractivity contribution >= 4 is 29.7 Å². The number of esters is 3. The molecule has 0 fully saturated rings. The Morgan fingerprint density at radius 3 is 1.86 bits per heavy atom. The van der Waals surface area contributed by atoms with Crippen molar-refractivity contribution in [2.45, 2.75) is 19.4 Å². The predicted molar refractivity (Wildman–Crippen MR) is 61.8 cm³/mol. The van der Waals surface area contributed by atoms with Crippen molar-refractivity contribution in [1.29, 1.82) is 0 Å². The lowest BCUT2D eigenvalue weighted by Crippen LogP contribution is -2.29. The number of carbonyl (C=O) groups excluding carboxylic acids is 4. The van der Waals surface area contributed by atoms with E-state index in [0.717, 1.165) is 0 Å². The van der Waals surface area contributed by atoms with Crippen LogP contribution < -0.4 is 0 Å². The van der Waals surface area contributed by atoms with Gasteiger partial charge < -0.3 is 24.4 Å². The van der Waals surface area contributed by atoms with E-state index in [1.165, 1.54) is 6.92 Å². The van der Waals surface area contributed by atoms with Crippen molar-refractivity contribution in [2.24, 2.45) is 0 Å². The zero-order valence-corrected chi connectivity index (χ0v) is 11.1. The van der Waals surface area contributed by atoms with E-state index in [0.29, 0.717) is 0 Å². The number of ketones is 1. The number of aliphatic carboxylic acids is 1. The fraction of sp³-hybridized carbons (Fsp3) is 0.545. The van der Waals surface area contributed by atoms with Crippen LogP contribution in [-0.2, 0) is 38.2 Å². The van der Waals surface area contributed by atoms with Gasteiger partial charge in [0.05, 0.1) is 6.42 Å². The van der Waals surface area contributed by atoms with Crippen LogP contribution >= 0.6 is 0 Å². The standard InChI is InChI=1S/C11H14O10/c1-6(12)3-19-9(16)4-20-10(17)5-21-11(18)7(13)2-8(14)15/h7,13H,2-5H2,1H3,(H,14,15). The molecule has 21 heavy (non-hydrogen) atoms. The molecule has 1 unspecified atom stereocenters. The zero-order valence-electron chi connectivity index (χ0n) is 11.1. The van der Waals surface area contributed by atoms with E-state index in [-0.39, 0.29) is 0 Å². The monoisotopic (exact) mass is 306 g/mol. The van der Waals surface area contributed by atoms with Crippen molar-refractivity contribution in [1.82, 2.24) is 0 Å². The Balaban J connectivity index is 3.89. The molecule has 0 saturated carbocycles. The molecule has 1 atom stereocenters. The van der Waals surface area contributed by atoms with E-state index in [9.17, 15) is 24.0 Å². The fourth-order valence-electron chi connectivity index (χ4n) is 0.880. The number of aliphatic hydroxyl groups is 1. The molecule has 2 N–H and O–H groups in total. The molecule has 0 spiro atoms. The number of carbonyl (C=O) groups is 5. The third kappa shape index (κ3) is 10.0. The quantitative estimate of drug-likeness (QED) is 0.362. The normalized spacial score (nSPS) is 11.1. The Bertz CT molecular complexity index is 427. The molecule has 0 aliphatic rings. The van der Waals surface area contributed by atoms with Gasteiger partial charge in [-0.25, -0.2) is 14.4 Å². The molecule has 0 aromatic heterocycles. The van der Waals surface area contributed by atoms with Crippen molar-refractivity contribution in [3.63, 3.8) is 0 Å². The van der Waals surface area contributed by atoms with Gasteiger partial charge in [0.15, 0.2) is 25.1 Å². The number of hydrogen-bond acceptors (Lipinski definition) is 9. The smallest absolute Gasteiger partial charge is 0.344 e. The first-order valence-electron chi connectivity index (χ1n) is 5.59. The molecule has 10 nitrogen and oxygen atoms in total. The Morgan fingerprint density at radius 1 is 0.905 bits per heavy atom. The first-order valence-corrected chi connectivity index (χ1v) is 5.59. The molecule has 0 aromatic rings. The van der Waals surface area contributed by atoms with Crippen molar-refractivity contribution in [2.75, 3.05) is 19.8 Å². The van der Waals surface area contributed by atoms with Crippen LogP contribution in [0.25, 0.3) is 0 Å². The van der Waals surface area contributed by atoms with Gasteiger partial charge in [0, 0.05) is 0 Å². The van der Waals surface area contributed by atoms with Crippen LogP contribution in [0.2, 0.25) is 0 Å². The maximum Gasteiger partial charge on any atom is 0.344 e. The van der Waals surface area contributed by atoms with Gasteiger partial charge >= 0.3 is 23.9 Å². The van der Waals surface area contributed by atoms with Crippen LogP contribution in [0, 0.1) is 0 Å². The number of carboxylic acid groups (broad SMARTS) is 1. The highest BCUT2D eigenvalue weighted by atomic mass is 16.6. The number of carboxylic acids is 1. The average Bonchev–Trinajstić information content (AvgIpc) is 2.39. The van der Waals surface area contributed by atoms with E-state index in [1.807, 2.05) is 0 Å². The van der Waals surface area contributed by atoms with Gasteiger partial charge in [-0.05, 0) is 6.92 Å². The second-order valence-electron chi connectivity index (χ2n) is 3.74. The summed E-state index contributed by atoms with van der Waals surface area (Å²) in [6.07, 6.45) is -2.78. The van der Waals surface area contributed by atoms with Gasteiger partial charge in [0.1, 0.15) is 6.61 Å². The third-order valence-electron chi connectivity index (χ3n) is 1.76. The minimum atomic E-state index is -1.91. The molecule has 0 heterocycles. The summed E-state index contributed by atoms with van der Waals surface area (Å²) in [4.78, 5) is 53.7. The van der Waals surface area contributed by atoms with Crippen molar-refractivity contribution < 1.29 is 48.4 Å². The minimum absolute atomic E-state index is 0.393. The number of aliphatic hydroxyl groups excluding tert-OH is 1. The van der Waals surface area contributed by atoms with Gasteiger partial charge in [0.25, 0.3) is 0 Å². The lowest BCUT2D eigenvalue weighted by molar-refractivity contribution is -0.169. The molecule has 0 bridgehead atoms. The molecule has 10 heteroatoms. The number of rotatable bonds is 9. The average molecular weight is 306 g/mol. The fourth-order valence-corrected chi connectivity index (χ4v) is 0.880. The molecule has 118 valence electrons. The van der Waals surface area contributed by atoms with Crippen molar-refractivity contribution in [3.8, 4) is 0 Å². The van der Waals surface area contributed by atoms with E-state index < -0.39 is 62.0 Å². The van der Waals surface area contributed by atoms with E-state index in [2.05, 4.69) is 14.2 Å². The van der Waals surface area contributed by atoms with Crippen LogP contribution in [0.4, 0.5) is 0 Å². The van der Waals surface area contributed by atoms with Gasteiger partial charge in [-0.2, -0.15) is 0 Å². The van der Waals surface area contributed by atoms with Crippen LogP contribution in [0.1, 0.15) is 13.3 Å². The highest BCUT2D eigenvalue weighted by Crippen LogP contribution is 1.96. The molecule has 0 aromatic carbocycles. The largest absolute Gasteiger partial charge is 0.481 e. The summed E-state index contributed by atoms with van der Waals surface area (Å²) in [6.45, 7) is -0.940. The molecule has 0 saturated heterocycles. The van der Waals surface area contributed by atoms with Crippen LogP contribution in [-0.4, -0.2) is 65.8 Å². The molecule has 0 amide bonds. The first-order chi connectivity index (χ1) is 9.72. The minimum Gasteiger partial charge on any atom is -0.481 e. The summed E-state index contributed by atoms with van der Waals surface area (Å²) in [7, 11) is 0. The third-order valence-corrected chi connectivity index (χ3v) is 1.76. The van der Waals surface area contributed by atoms with Gasteiger partial charge in [0.2, 0.25) is 0 Å². The molecular formula is C11H14O10. The second-order valence-corrected chi connectivity index (χ2v) is 3.74. The maximum absolute atomic E-state index is 11.1. The lowest BCUT2D eigenvalue weighted by Gasteiger charge is -2.08. The summed E-state index contributed by atoms with van der Waals surface area (Å²) >= 11 is 0. The summed E-state index contributed by atoms with van der Waals surface area (Å²) in [5.41, 5.74) is 0. The molecule has 0 radical (unpaired) electrons. The maximum atomic E-state index is 11.1. The zero-order chi connectivity index (χ0) is 16.4. The lowest BCUT2D eigenvalue weighted by atomic mass is 10.2. The Kier molecular flexibility index (Phi) is 8.30. The van der Waals surface area contributed by atoms with Crippen LogP contribution in [0.3, 0.4) is 0 Å². The van der Waals surface area contributed by atoms with Crippen molar-refractivity contribution in [3.05, 3.63) is 0 Å². The first kappa shape index (κ1) is 18.5. The summed E-state index contributed by atoms with van der Waals surface area (Å²) in [5, 5.41) is 17.3. The molecule has 0 rings (SSSR count). The van der Waals surface area contributed by atoms with Crippen LogP contribution in [0.5, 0.6) is 0 Å². The summed E-state index contributed by atoms with van der Waals surface area (Å²) in [5.74, 6) is -5.19. The Labute approximate surface area is 118 Å². The van der Waals surface area contributed by atoms with Crippen LogP contribution in [0.15, 0.2) is 0 Å².